The first-order valence-electron chi connectivity index (χ1n) is 10.4. The fourth-order valence-electron chi connectivity index (χ4n) is 4.20. The van der Waals surface area contributed by atoms with Crippen LogP contribution in [0, 0.1) is 0 Å². The fourth-order valence-corrected chi connectivity index (χ4v) is 4.20. The number of imidazole rings is 1. The van der Waals surface area contributed by atoms with Crippen LogP contribution in [-0.2, 0) is 6.54 Å². The molecule has 5 nitrogen and oxygen atoms in total. The van der Waals surface area contributed by atoms with Crippen LogP contribution >= 0.6 is 0 Å². The number of rotatable bonds is 5. The van der Waals surface area contributed by atoms with Crippen molar-refractivity contribution in [2.75, 3.05) is 18.4 Å². The van der Waals surface area contributed by atoms with E-state index in [0.29, 0.717) is 11.5 Å². The molecule has 2 aliphatic rings. The summed E-state index contributed by atoms with van der Waals surface area (Å²) in [4.78, 5) is 23.3. The zero-order valence-corrected chi connectivity index (χ0v) is 16.1. The Morgan fingerprint density at radius 2 is 1.96 bits per heavy atom. The molecule has 1 amide bonds. The number of nitrogens with zero attached hydrogens (tertiary/aromatic N) is 2. The fraction of sp³-hybridized carbons (Fsp3) is 0.391. The lowest BCUT2D eigenvalue weighted by Crippen LogP contribution is -2.19. The predicted octanol–water partition coefficient (Wildman–Crippen LogP) is 4.68. The SMILES string of the molecule is O=C(Nc1ccc2nc(C3CCC3)[nH]c2c1)c1cccc(CN2CCCC2)c1. The standard InChI is InChI=1S/C23H26N4O/c28-23(18-8-3-5-16(13-18)15-27-11-1-2-12-27)24-19-9-10-20-21(14-19)26-22(25-20)17-6-4-7-17/h3,5,8-10,13-14,17H,1-2,4,6-7,11-12,15H2,(H,24,28)(H,25,26). The summed E-state index contributed by atoms with van der Waals surface area (Å²) in [6.45, 7) is 3.23. The largest absolute Gasteiger partial charge is 0.342 e. The summed E-state index contributed by atoms with van der Waals surface area (Å²) in [5.74, 6) is 1.59. The minimum atomic E-state index is -0.0682. The van der Waals surface area contributed by atoms with E-state index in [1.54, 1.807) is 0 Å². The highest BCUT2D eigenvalue weighted by Crippen LogP contribution is 2.35. The van der Waals surface area contributed by atoms with Crippen LogP contribution in [0.1, 0.15) is 59.8 Å². The second-order valence-corrected chi connectivity index (χ2v) is 8.12. The van der Waals surface area contributed by atoms with E-state index in [2.05, 4.69) is 21.3 Å². The average Bonchev–Trinajstić information content (AvgIpc) is 3.29. The molecule has 0 unspecified atom stereocenters. The van der Waals surface area contributed by atoms with E-state index < -0.39 is 0 Å². The number of carbonyl (C=O) groups excluding carboxylic acids is 1. The number of likely N-dealkylation sites (tertiary alicyclic amines) is 1. The van der Waals surface area contributed by atoms with Crippen LogP contribution in [0.5, 0.6) is 0 Å². The maximum Gasteiger partial charge on any atom is 0.255 e. The number of carbonyl (C=O) groups is 1. The van der Waals surface area contributed by atoms with Crippen LogP contribution in [0.4, 0.5) is 5.69 Å². The summed E-state index contributed by atoms with van der Waals surface area (Å²) in [6, 6.07) is 13.9. The van der Waals surface area contributed by atoms with E-state index in [0.717, 1.165) is 42.2 Å². The van der Waals surface area contributed by atoms with Gasteiger partial charge in [0.15, 0.2) is 0 Å². The minimum Gasteiger partial charge on any atom is -0.342 e. The van der Waals surface area contributed by atoms with Crippen LogP contribution in [0.3, 0.4) is 0 Å². The molecule has 2 fully saturated rings. The Hall–Kier alpha value is -2.66. The number of hydrogen-bond donors (Lipinski definition) is 2. The molecule has 1 saturated carbocycles. The van der Waals surface area contributed by atoms with Gasteiger partial charge in [0.1, 0.15) is 5.82 Å². The third-order valence-corrected chi connectivity index (χ3v) is 6.04. The number of nitrogens with one attached hydrogen (secondary N) is 2. The van der Waals surface area contributed by atoms with E-state index in [9.17, 15) is 4.79 Å². The summed E-state index contributed by atoms with van der Waals surface area (Å²) >= 11 is 0. The Kier molecular flexibility index (Phi) is 4.61. The van der Waals surface area contributed by atoms with Crippen LogP contribution in [0.25, 0.3) is 11.0 Å². The first-order valence-corrected chi connectivity index (χ1v) is 10.4. The lowest BCUT2D eigenvalue weighted by molar-refractivity contribution is 0.102. The second kappa shape index (κ2) is 7.40. The molecule has 144 valence electrons. The van der Waals surface area contributed by atoms with E-state index in [-0.39, 0.29) is 5.91 Å². The van der Waals surface area contributed by atoms with Crippen LogP contribution < -0.4 is 5.32 Å². The van der Waals surface area contributed by atoms with Gasteiger partial charge in [-0.3, -0.25) is 9.69 Å². The second-order valence-electron chi connectivity index (χ2n) is 8.12. The van der Waals surface area contributed by atoms with Gasteiger partial charge in [-0.25, -0.2) is 4.98 Å². The van der Waals surface area contributed by atoms with Gasteiger partial charge in [0, 0.05) is 23.7 Å². The van der Waals surface area contributed by atoms with Crippen molar-refractivity contribution in [3.05, 3.63) is 59.4 Å². The molecule has 2 aromatic carbocycles. The van der Waals surface area contributed by atoms with Gasteiger partial charge in [-0.1, -0.05) is 18.6 Å². The number of aromatic nitrogens is 2. The molecule has 2 N–H and O–H groups in total. The van der Waals surface area contributed by atoms with Gasteiger partial charge in [0.2, 0.25) is 0 Å². The van der Waals surface area contributed by atoms with Crippen molar-refractivity contribution in [2.45, 2.75) is 44.6 Å². The van der Waals surface area contributed by atoms with Crippen LogP contribution in [0.2, 0.25) is 0 Å². The number of aromatic amines is 1. The third-order valence-electron chi connectivity index (χ3n) is 6.04. The molecule has 5 rings (SSSR count). The molecule has 0 spiro atoms. The van der Waals surface area contributed by atoms with E-state index >= 15 is 0 Å². The summed E-state index contributed by atoms with van der Waals surface area (Å²) < 4.78 is 0. The van der Waals surface area contributed by atoms with E-state index in [1.807, 2.05) is 36.4 Å². The highest BCUT2D eigenvalue weighted by Gasteiger charge is 2.22. The van der Waals surface area contributed by atoms with Crippen LogP contribution in [0.15, 0.2) is 42.5 Å². The highest BCUT2D eigenvalue weighted by molar-refractivity contribution is 6.05. The van der Waals surface area contributed by atoms with Gasteiger partial charge in [-0.15, -0.1) is 0 Å². The summed E-state index contributed by atoms with van der Waals surface area (Å²) in [5, 5.41) is 3.04. The molecule has 1 aliphatic carbocycles. The first-order chi connectivity index (χ1) is 13.7. The van der Waals surface area contributed by atoms with Crippen molar-refractivity contribution in [2.24, 2.45) is 0 Å². The molecule has 1 aliphatic heterocycles. The predicted molar refractivity (Wildman–Crippen MR) is 112 cm³/mol. The Morgan fingerprint density at radius 1 is 1.11 bits per heavy atom. The van der Waals surface area contributed by atoms with Crippen LogP contribution in [-0.4, -0.2) is 33.9 Å². The van der Waals surface area contributed by atoms with Gasteiger partial charge in [-0.05, 0) is 74.7 Å². The Labute approximate surface area is 165 Å². The summed E-state index contributed by atoms with van der Waals surface area (Å²) in [6.07, 6.45) is 6.28. The summed E-state index contributed by atoms with van der Waals surface area (Å²) in [7, 11) is 0. The Bertz CT molecular complexity index is 999. The highest BCUT2D eigenvalue weighted by atomic mass is 16.1. The van der Waals surface area contributed by atoms with Crippen molar-refractivity contribution in [1.82, 2.24) is 14.9 Å². The molecule has 0 bridgehead atoms. The monoisotopic (exact) mass is 374 g/mol. The number of amides is 1. The molecule has 3 aromatic rings. The molecular formula is C23H26N4O. The molecule has 0 atom stereocenters. The topological polar surface area (TPSA) is 61.0 Å². The number of H-pyrrole nitrogens is 1. The molecular weight excluding hydrogens is 348 g/mol. The normalized spacial score (nSPS) is 17.7. The molecule has 1 aromatic heterocycles. The van der Waals surface area contributed by atoms with E-state index in [1.165, 1.54) is 37.7 Å². The zero-order valence-electron chi connectivity index (χ0n) is 16.1. The van der Waals surface area contributed by atoms with Gasteiger partial charge in [0.25, 0.3) is 5.91 Å². The van der Waals surface area contributed by atoms with E-state index in [4.69, 9.17) is 4.98 Å². The van der Waals surface area contributed by atoms with Gasteiger partial charge in [0.05, 0.1) is 11.0 Å². The van der Waals surface area contributed by atoms with Gasteiger partial charge in [-0.2, -0.15) is 0 Å². The number of benzene rings is 2. The molecule has 1 saturated heterocycles. The molecule has 28 heavy (non-hydrogen) atoms. The molecule has 2 heterocycles. The number of hydrogen-bond acceptors (Lipinski definition) is 3. The minimum absolute atomic E-state index is 0.0682. The van der Waals surface area contributed by atoms with Crippen molar-refractivity contribution in [1.29, 1.82) is 0 Å². The number of anilines is 1. The molecule has 5 heteroatoms. The van der Waals surface area contributed by atoms with Gasteiger partial charge < -0.3 is 10.3 Å². The lowest BCUT2D eigenvalue weighted by atomic mass is 9.85. The Balaban J connectivity index is 1.30. The third kappa shape index (κ3) is 3.54. The van der Waals surface area contributed by atoms with Crippen molar-refractivity contribution < 1.29 is 4.79 Å². The van der Waals surface area contributed by atoms with Crippen molar-refractivity contribution >= 4 is 22.6 Å². The number of fused-ring (bicyclic) bond motifs is 1. The smallest absolute Gasteiger partial charge is 0.255 e. The average molecular weight is 374 g/mol. The quantitative estimate of drug-likeness (QED) is 0.682. The Morgan fingerprint density at radius 3 is 2.75 bits per heavy atom. The maximum atomic E-state index is 12.8. The molecule has 0 radical (unpaired) electrons. The van der Waals surface area contributed by atoms with Gasteiger partial charge >= 0.3 is 0 Å². The first kappa shape index (κ1) is 17.4. The zero-order chi connectivity index (χ0) is 18.9. The van der Waals surface area contributed by atoms with Crippen molar-refractivity contribution in [3.8, 4) is 0 Å². The maximum absolute atomic E-state index is 12.8. The van der Waals surface area contributed by atoms with Crippen molar-refractivity contribution in [3.63, 3.8) is 0 Å². The lowest BCUT2D eigenvalue weighted by Gasteiger charge is -2.22. The summed E-state index contributed by atoms with van der Waals surface area (Å²) in [5.41, 5.74) is 4.65.